The van der Waals surface area contributed by atoms with E-state index in [1.54, 1.807) is 6.92 Å². The Labute approximate surface area is 132 Å². The first-order valence-electron chi connectivity index (χ1n) is 7.63. The SMILES string of the molecule is CCC[C@](C)(NC(=O)CCc1c(C)nn(C)c1C)C(=O)OC. The van der Waals surface area contributed by atoms with Crippen LogP contribution in [0.25, 0.3) is 0 Å². The van der Waals surface area contributed by atoms with Crippen LogP contribution in [0.4, 0.5) is 0 Å². The zero-order valence-corrected chi connectivity index (χ0v) is 14.4. The van der Waals surface area contributed by atoms with Crippen LogP contribution >= 0.6 is 0 Å². The molecule has 1 heterocycles. The van der Waals surface area contributed by atoms with E-state index >= 15 is 0 Å². The highest BCUT2D eigenvalue weighted by molar-refractivity contribution is 5.87. The van der Waals surface area contributed by atoms with Crippen LogP contribution in [-0.4, -0.2) is 34.3 Å². The molecule has 1 amide bonds. The first-order chi connectivity index (χ1) is 10.2. The summed E-state index contributed by atoms with van der Waals surface area (Å²) in [4.78, 5) is 24.1. The van der Waals surface area contributed by atoms with Gasteiger partial charge in [0.1, 0.15) is 5.54 Å². The van der Waals surface area contributed by atoms with Gasteiger partial charge >= 0.3 is 5.97 Å². The number of amides is 1. The second-order valence-corrected chi connectivity index (χ2v) is 5.89. The number of ether oxygens (including phenoxy) is 1. The molecule has 0 aliphatic rings. The van der Waals surface area contributed by atoms with E-state index in [1.807, 2.05) is 32.5 Å². The van der Waals surface area contributed by atoms with Gasteiger partial charge in [0.05, 0.1) is 12.8 Å². The van der Waals surface area contributed by atoms with Crippen molar-refractivity contribution in [3.63, 3.8) is 0 Å². The van der Waals surface area contributed by atoms with Crippen LogP contribution in [0.15, 0.2) is 0 Å². The molecule has 0 radical (unpaired) electrons. The van der Waals surface area contributed by atoms with Crippen molar-refractivity contribution in [1.82, 2.24) is 15.1 Å². The van der Waals surface area contributed by atoms with Gasteiger partial charge < -0.3 is 10.1 Å². The Balaban J connectivity index is 2.70. The highest BCUT2D eigenvalue weighted by Crippen LogP contribution is 2.17. The molecule has 0 spiro atoms. The summed E-state index contributed by atoms with van der Waals surface area (Å²) in [7, 11) is 3.23. The zero-order valence-electron chi connectivity index (χ0n) is 14.4. The fourth-order valence-electron chi connectivity index (χ4n) is 2.73. The monoisotopic (exact) mass is 309 g/mol. The molecule has 0 aliphatic heterocycles. The minimum Gasteiger partial charge on any atom is -0.467 e. The van der Waals surface area contributed by atoms with Crippen molar-refractivity contribution in [2.45, 2.75) is 58.9 Å². The summed E-state index contributed by atoms with van der Waals surface area (Å²) in [5.41, 5.74) is 2.14. The quantitative estimate of drug-likeness (QED) is 0.780. The Morgan fingerprint density at radius 2 is 2.00 bits per heavy atom. The van der Waals surface area contributed by atoms with Crippen molar-refractivity contribution in [1.29, 1.82) is 0 Å². The molecule has 124 valence electrons. The maximum Gasteiger partial charge on any atom is 0.331 e. The number of hydrogen-bond donors (Lipinski definition) is 1. The number of esters is 1. The zero-order chi connectivity index (χ0) is 16.9. The molecule has 1 N–H and O–H groups in total. The van der Waals surface area contributed by atoms with Crippen LogP contribution < -0.4 is 5.32 Å². The maximum atomic E-state index is 12.2. The third kappa shape index (κ3) is 4.08. The van der Waals surface area contributed by atoms with Crippen molar-refractivity contribution in [2.24, 2.45) is 7.05 Å². The Bertz CT molecular complexity index is 551. The molecule has 0 unspecified atom stereocenters. The van der Waals surface area contributed by atoms with Crippen molar-refractivity contribution in [2.75, 3.05) is 7.11 Å². The summed E-state index contributed by atoms with van der Waals surface area (Å²) in [5.74, 6) is -0.555. The van der Waals surface area contributed by atoms with Gasteiger partial charge in [-0.1, -0.05) is 13.3 Å². The van der Waals surface area contributed by atoms with Crippen LogP contribution in [0.1, 0.15) is 50.1 Å². The lowest BCUT2D eigenvalue weighted by atomic mass is 9.95. The van der Waals surface area contributed by atoms with E-state index in [2.05, 4.69) is 10.4 Å². The van der Waals surface area contributed by atoms with Crippen LogP contribution in [-0.2, 0) is 27.8 Å². The summed E-state index contributed by atoms with van der Waals surface area (Å²) in [6.07, 6.45) is 2.27. The Morgan fingerprint density at radius 1 is 1.36 bits per heavy atom. The summed E-state index contributed by atoms with van der Waals surface area (Å²) in [6, 6.07) is 0. The molecule has 6 nitrogen and oxygen atoms in total. The number of aryl methyl sites for hydroxylation is 2. The van der Waals surface area contributed by atoms with Crippen LogP contribution in [0.2, 0.25) is 0 Å². The number of nitrogens with one attached hydrogen (secondary N) is 1. The van der Waals surface area contributed by atoms with E-state index in [9.17, 15) is 9.59 Å². The van der Waals surface area contributed by atoms with Gasteiger partial charge in [-0.3, -0.25) is 9.48 Å². The van der Waals surface area contributed by atoms with E-state index in [1.165, 1.54) is 7.11 Å². The molecule has 0 bridgehead atoms. The lowest BCUT2D eigenvalue weighted by Crippen LogP contribution is -2.52. The fraction of sp³-hybridized carbons (Fsp3) is 0.688. The van der Waals surface area contributed by atoms with Crippen LogP contribution in [0, 0.1) is 13.8 Å². The molecule has 6 heteroatoms. The fourth-order valence-corrected chi connectivity index (χ4v) is 2.73. The molecule has 1 atom stereocenters. The average Bonchev–Trinajstić information content (AvgIpc) is 2.69. The largest absolute Gasteiger partial charge is 0.467 e. The number of carbonyl (C=O) groups is 2. The Hall–Kier alpha value is -1.85. The van der Waals surface area contributed by atoms with E-state index in [4.69, 9.17) is 4.74 Å². The first-order valence-corrected chi connectivity index (χ1v) is 7.63. The van der Waals surface area contributed by atoms with Gasteiger partial charge in [0.2, 0.25) is 5.91 Å². The lowest BCUT2D eigenvalue weighted by Gasteiger charge is -2.27. The minimum absolute atomic E-state index is 0.149. The normalized spacial score (nSPS) is 13.5. The third-order valence-electron chi connectivity index (χ3n) is 4.06. The summed E-state index contributed by atoms with van der Waals surface area (Å²) < 4.78 is 6.62. The molecule has 0 fully saturated rings. The smallest absolute Gasteiger partial charge is 0.331 e. The third-order valence-corrected chi connectivity index (χ3v) is 4.06. The molecule has 1 rings (SSSR count). The predicted octanol–water partition coefficient (Wildman–Crippen LogP) is 1.82. The number of nitrogens with zero attached hydrogens (tertiary/aromatic N) is 2. The first kappa shape index (κ1) is 18.2. The van der Waals surface area contributed by atoms with E-state index in [-0.39, 0.29) is 5.91 Å². The number of carbonyl (C=O) groups excluding carboxylic acids is 2. The number of methoxy groups -OCH3 is 1. The lowest BCUT2D eigenvalue weighted by molar-refractivity contribution is -0.150. The van der Waals surface area contributed by atoms with Gasteiger partial charge in [-0.25, -0.2) is 4.79 Å². The molecular weight excluding hydrogens is 282 g/mol. The maximum absolute atomic E-state index is 12.2. The van der Waals surface area contributed by atoms with Gasteiger partial charge in [0, 0.05) is 19.2 Å². The highest BCUT2D eigenvalue weighted by Gasteiger charge is 2.34. The van der Waals surface area contributed by atoms with Crippen molar-refractivity contribution in [3.8, 4) is 0 Å². The number of rotatable bonds is 7. The molecule has 0 saturated heterocycles. The summed E-state index contributed by atoms with van der Waals surface area (Å²) in [6.45, 7) is 7.61. The van der Waals surface area contributed by atoms with Gasteiger partial charge in [-0.2, -0.15) is 5.10 Å². The van der Waals surface area contributed by atoms with Crippen LogP contribution in [0.5, 0.6) is 0 Å². The highest BCUT2D eigenvalue weighted by atomic mass is 16.5. The molecule has 1 aromatic heterocycles. The number of hydrogen-bond acceptors (Lipinski definition) is 4. The Kier molecular flexibility index (Phi) is 6.14. The second kappa shape index (κ2) is 7.42. The summed E-state index contributed by atoms with van der Waals surface area (Å²) in [5, 5.41) is 7.17. The molecular formula is C16H27N3O3. The average molecular weight is 309 g/mol. The second-order valence-electron chi connectivity index (χ2n) is 5.89. The van der Waals surface area contributed by atoms with Gasteiger partial charge in [0.15, 0.2) is 0 Å². The number of aromatic nitrogens is 2. The summed E-state index contributed by atoms with van der Waals surface area (Å²) >= 11 is 0. The molecule has 0 aromatic carbocycles. The van der Waals surface area contributed by atoms with Gasteiger partial charge in [0.25, 0.3) is 0 Å². The van der Waals surface area contributed by atoms with Gasteiger partial charge in [-0.15, -0.1) is 0 Å². The predicted molar refractivity (Wildman–Crippen MR) is 84.5 cm³/mol. The van der Waals surface area contributed by atoms with E-state index < -0.39 is 11.5 Å². The standard InChI is InChI=1S/C16H27N3O3/c1-7-10-16(4,15(21)22-6)17-14(20)9-8-13-11(2)18-19(5)12(13)3/h7-10H2,1-6H3,(H,17,20)/t16-/m0/s1. The molecule has 0 saturated carbocycles. The molecule has 0 aliphatic carbocycles. The van der Waals surface area contributed by atoms with E-state index in [0.29, 0.717) is 19.3 Å². The topological polar surface area (TPSA) is 73.2 Å². The van der Waals surface area contributed by atoms with Gasteiger partial charge in [-0.05, 0) is 39.2 Å². The van der Waals surface area contributed by atoms with E-state index in [0.717, 1.165) is 23.4 Å². The molecule has 22 heavy (non-hydrogen) atoms. The van der Waals surface area contributed by atoms with Crippen LogP contribution in [0.3, 0.4) is 0 Å². The minimum atomic E-state index is -0.959. The van der Waals surface area contributed by atoms with Crippen molar-refractivity contribution >= 4 is 11.9 Å². The van der Waals surface area contributed by atoms with Crippen molar-refractivity contribution < 1.29 is 14.3 Å². The molecule has 1 aromatic rings. The van der Waals surface area contributed by atoms with Crippen molar-refractivity contribution in [3.05, 3.63) is 17.0 Å². The Morgan fingerprint density at radius 3 is 2.45 bits per heavy atom.